The molecule has 1 saturated heterocycles. The van der Waals surface area contributed by atoms with Crippen LogP contribution in [-0.4, -0.2) is 52.3 Å². The summed E-state index contributed by atoms with van der Waals surface area (Å²) in [5, 5.41) is 11.3. The van der Waals surface area contributed by atoms with Crippen molar-refractivity contribution >= 4 is 16.6 Å². The number of piperidine rings is 1. The summed E-state index contributed by atoms with van der Waals surface area (Å²) < 4.78 is 7.65. The molecule has 1 aromatic carbocycles. The van der Waals surface area contributed by atoms with Crippen molar-refractivity contribution in [2.75, 3.05) is 33.4 Å². The maximum atomic E-state index is 12.9. The summed E-state index contributed by atoms with van der Waals surface area (Å²) in [6, 6.07) is 4.07. The van der Waals surface area contributed by atoms with Crippen molar-refractivity contribution in [2.45, 2.75) is 32.4 Å². The summed E-state index contributed by atoms with van der Waals surface area (Å²) in [6.45, 7) is 3.45. The maximum absolute atomic E-state index is 12.9. The summed E-state index contributed by atoms with van der Waals surface area (Å²) >= 11 is 0. The minimum Gasteiger partial charge on any atom is -0.383 e. The molecular weight excluding hydrogens is 352 g/mol. The monoisotopic (exact) mass is 376 g/mol. The Kier molecular flexibility index (Phi) is 6.02. The van der Waals surface area contributed by atoms with E-state index in [0.717, 1.165) is 30.5 Å². The first-order chi connectivity index (χ1) is 13.0. The van der Waals surface area contributed by atoms with Gasteiger partial charge in [-0.15, -0.1) is 0 Å². The molecule has 0 amide bonds. The maximum Gasteiger partial charge on any atom is 0.331 e. The molecule has 1 aromatic heterocycles. The Morgan fingerprint density at radius 1 is 1.07 bits per heavy atom. The Bertz CT molecular complexity index is 943. The van der Waals surface area contributed by atoms with E-state index in [1.54, 1.807) is 4.57 Å². The van der Waals surface area contributed by atoms with Crippen LogP contribution in [0.2, 0.25) is 0 Å². The van der Waals surface area contributed by atoms with Gasteiger partial charge < -0.3 is 9.64 Å². The lowest BCUT2D eigenvalue weighted by atomic mass is 10.1. The van der Waals surface area contributed by atoms with Crippen LogP contribution < -0.4 is 11.2 Å². The minimum atomic E-state index is -0.540. The molecule has 9 heteroatoms. The number of hydrogen-bond acceptors (Lipinski definition) is 6. The summed E-state index contributed by atoms with van der Waals surface area (Å²) in [5.41, 5.74) is -0.666. The number of fused-ring (bicyclic) bond motifs is 1. The third-order valence-electron chi connectivity index (χ3n) is 5.03. The number of rotatable bonds is 7. The molecule has 0 spiro atoms. The highest BCUT2D eigenvalue weighted by molar-refractivity contribution is 5.80. The first-order valence-corrected chi connectivity index (χ1v) is 9.16. The van der Waals surface area contributed by atoms with Gasteiger partial charge in [-0.3, -0.25) is 24.0 Å². The van der Waals surface area contributed by atoms with Gasteiger partial charge in [-0.25, -0.2) is 4.79 Å². The molecule has 0 bridgehead atoms. The summed E-state index contributed by atoms with van der Waals surface area (Å²) in [4.78, 5) is 38.5. The number of nitro groups is 1. The molecule has 2 aromatic rings. The SMILES string of the molecule is COCCn1c(=O)c2cc([N+](=O)[O-])ccc2n(CCN2CCCCC2)c1=O. The van der Waals surface area contributed by atoms with Crippen molar-refractivity contribution in [2.24, 2.45) is 0 Å². The number of nitrogens with zero attached hydrogens (tertiary/aromatic N) is 4. The molecule has 0 N–H and O–H groups in total. The third-order valence-corrected chi connectivity index (χ3v) is 5.03. The van der Waals surface area contributed by atoms with Gasteiger partial charge in [0.25, 0.3) is 11.2 Å². The quantitative estimate of drug-likeness (QED) is 0.532. The third kappa shape index (κ3) is 4.09. The standard InChI is InChI=1S/C18H24N4O5/c1-27-12-11-21-17(23)15-13-14(22(25)26)5-6-16(15)20(18(21)24)10-9-19-7-3-2-4-8-19/h5-6,13H,2-4,7-12H2,1H3. The van der Waals surface area contributed by atoms with Gasteiger partial charge in [0.15, 0.2) is 0 Å². The Morgan fingerprint density at radius 2 is 1.81 bits per heavy atom. The first kappa shape index (κ1) is 19.2. The highest BCUT2D eigenvalue weighted by Gasteiger charge is 2.17. The van der Waals surface area contributed by atoms with Gasteiger partial charge in [-0.2, -0.15) is 0 Å². The lowest BCUT2D eigenvalue weighted by molar-refractivity contribution is -0.384. The number of non-ortho nitro benzene ring substituents is 1. The predicted octanol–water partition coefficient (Wildman–Crippen LogP) is 1.20. The summed E-state index contributed by atoms with van der Waals surface area (Å²) in [7, 11) is 1.49. The van der Waals surface area contributed by atoms with Crippen LogP contribution in [0.4, 0.5) is 5.69 Å². The van der Waals surface area contributed by atoms with E-state index in [2.05, 4.69) is 4.90 Å². The second-order valence-corrected chi connectivity index (χ2v) is 6.74. The van der Waals surface area contributed by atoms with E-state index >= 15 is 0 Å². The number of ether oxygens (including phenoxy) is 1. The van der Waals surface area contributed by atoms with E-state index in [4.69, 9.17) is 4.74 Å². The first-order valence-electron chi connectivity index (χ1n) is 9.16. The average Bonchev–Trinajstić information content (AvgIpc) is 2.68. The molecule has 0 unspecified atom stereocenters. The minimum absolute atomic E-state index is 0.108. The number of nitro benzene ring substituents is 1. The van der Waals surface area contributed by atoms with Gasteiger partial charge in [-0.05, 0) is 32.0 Å². The molecule has 1 aliphatic rings. The van der Waals surface area contributed by atoms with E-state index in [1.165, 1.54) is 31.7 Å². The molecule has 9 nitrogen and oxygen atoms in total. The molecule has 1 aliphatic heterocycles. The summed E-state index contributed by atoms with van der Waals surface area (Å²) in [5.74, 6) is 0. The molecular formula is C18H24N4O5. The Hall–Kier alpha value is -2.52. The molecule has 0 aliphatic carbocycles. The Morgan fingerprint density at radius 3 is 2.48 bits per heavy atom. The van der Waals surface area contributed by atoms with Gasteiger partial charge in [0.05, 0.1) is 29.0 Å². The van der Waals surface area contributed by atoms with Crippen LogP contribution in [0.1, 0.15) is 19.3 Å². The second-order valence-electron chi connectivity index (χ2n) is 6.74. The van der Waals surface area contributed by atoms with Crippen LogP contribution >= 0.6 is 0 Å². The Labute approximate surface area is 155 Å². The number of methoxy groups -OCH3 is 1. The zero-order valence-electron chi connectivity index (χ0n) is 15.4. The lowest BCUT2D eigenvalue weighted by Crippen LogP contribution is -2.43. The van der Waals surface area contributed by atoms with E-state index in [9.17, 15) is 19.7 Å². The van der Waals surface area contributed by atoms with Gasteiger partial charge in [0, 0.05) is 32.3 Å². The van der Waals surface area contributed by atoms with Crippen LogP contribution in [0, 0.1) is 10.1 Å². The van der Waals surface area contributed by atoms with Crippen molar-refractivity contribution in [1.29, 1.82) is 0 Å². The number of benzene rings is 1. The van der Waals surface area contributed by atoms with Crippen LogP contribution in [0.25, 0.3) is 10.9 Å². The van der Waals surface area contributed by atoms with Crippen LogP contribution in [0.15, 0.2) is 27.8 Å². The second kappa shape index (κ2) is 8.45. The van der Waals surface area contributed by atoms with Crippen molar-refractivity contribution in [3.8, 4) is 0 Å². The highest BCUT2D eigenvalue weighted by Crippen LogP contribution is 2.17. The van der Waals surface area contributed by atoms with Crippen molar-refractivity contribution in [3.05, 3.63) is 49.2 Å². The molecule has 146 valence electrons. The topological polar surface area (TPSA) is 99.6 Å². The van der Waals surface area contributed by atoms with Crippen LogP contribution in [-0.2, 0) is 17.8 Å². The molecule has 0 atom stereocenters. The predicted molar refractivity (Wildman–Crippen MR) is 101 cm³/mol. The van der Waals surface area contributed by atoms with Gasteiger partial charge in [-0.1, -0.05) is 6.42 Å². The van der Waals surface area contributed by atoms with E-state index in [1.807, 2.05) is 0 Å². The van der Waals surface area contributed by atoms with Gasteiger partial charge >= 0.3 is 5.69 Å². The van der Waals surface area contributed by atoms with Crippen molar-refractivity contribution < 1.29 is 9.66 Å². The fraction of sp³-hybridized carbons (Fsp3) is 0.556. The fourth-order valence-electron chi connectivity index (χ4n) is 3.55. The number of aromatic nitrogens is 2. The average molecular weight is 376 g/mol. The zero-order valence-corrected chi connectivity index (χ0v) is 15.4. The van der Waals surface area contributed by atoms with Gasteiger partial charge in [0.1, 0.15) is 0 Å². The molecule has 27 heavy (non-hydrogen) atoms. The van der Waals surface area contributed by atoms with E-state index in [-0.39, 0.29) is 24.2 Å². The largest absolute Gasteiger partial charge is 0.383 e. The number of hydrogen-bond donors (Lipinski definition) is 0. The van der Waals surface area contributed by atoms with Crippen LogP contribution in [0.3, 0.4) is 0 Å². The molecule has 2 heterocycles. The van der Waals surface area contributed by atoms with E-state index in [0.29, 0.717) is 18.6 Å². The zero-order chi connectivity index (χ0) is 19.4. The summed E-state index contributed by atoms with van der Waals surface area (Å²) in [6.07, 6.45) is 3.52. The molecule has 3 rings (SSSR count). The highest BCUT2D eigenvalue weighted by atomic mass is 16.6. The Balaban J connectivity index is 2.07. The van der Waals surface area contributed by atoms with Crippen LogP contribution in [0.5, 0.6) is 0 Å². The normalized spacial score (nSPS) is 15.3. The van der Waals surface area contributed by atoms with Crippen molar-refractivity contribution in [1.82, 2.24) is 14.0 Å². The smallest absolute Gasteiger partial charge is 0.331 e. The van der Waals surface area contributed by atoms with Gasteiger partial charge in [0.2, 0.25) is 0 Å². The lowest BCUT2D eigenvalue weighted by Gasteiger charge is -2.27. The van der Waals surface area contributed by atoms with E-state index < -0.39 is 16.2 Å². The van der Waals surface area contributed by atoms with Crippen molar-refractivity contribution in [3.63, 3.8) is 0 Å². The molecule has 1 fully saturated rings. The molecule has 0 saturated carbocycles. The number of likely N-dealkylation sites (tertiary alicyclic amines) is 1. The fourth-order valence-corrected chi connectivity index (χ4v) is 3.55. The molecule has 0 radical (unpaired) electrons.